The van der Waals surface area contributed by atoms with E-state index in [2.05, 4.69) is 5.32 Å². The van der Waals surface area contributed by atoms with Gasteiger partial charge in [0.15, 0.2) is 0 Å². The summed E-state index contributed by atoms with van der Waals surface area (Å²) in [6.07, 6.45) is 2.97. The third-order valence-electron chi connectivity index (χ3n) is 4.16. The Balaban J connectivity index is 1.61. The molecule has 0 aromatic heterocycles. The molecular formula is C13H23F3N2. The average Bonchev–Trinajstić information content (AvgIpc) is 2.79. The van der Waals surface area contributed by atoms with E-state index in [1.807, 2.05) is 0 Å². The van der Waals surface area contributed by atoms with Crippen LogP contribution in [0.3, 0.4) is 0 Å². The van der Waals surface area contributed by atoms with Crippen molar-refractivity contribution in [1.82, 2.24) is 10.2 Å². The lowest BCUT2D eigenvalue weighted by molar-refractivity contribution is -0.148. The van der Waals surface area contributed by atoms with Crippen LogP contribution in [0.25, 0.3) is 0 Å². The lowest BCUT2D eigenvalue weighted by Crippen LogP contribution is -2.46. The maximum absolute atomic E-state index is 12.2. The van der Waals surface area contributed by atoms with Crippen molar-refractivity contribution in [3.63, 3.8) is 0 Å². The standard InChI is InChI=1S/C13H23F3N2/c14-13(15,16)10-18-7-5-12(6-8-18)17-9-11-3-1-2-4-11/h11-12,17H,1-10H2. The Labute approximate surface area is 107 Å². The van der Waals surface area contributed by atoms with Crippen LogP contribution < -0.4 is 5.32 Å². The highest BCUT2D eigenvalue weighted by Gasteiger charge is 2.32. The van der Waals surface area contributed by atoms with Crippen LogP contribution in [0.5, 0.6) is 0 Å². The lowest BCUT2D eigenvalue weighted by atomic mass is 10.0. The number of likely N-dealkylation sites (tertiary alicyclic amines) is 1. The van der Waals surface area contributed by atoms with Gasteiger partial charge in [-0.05, 0) is 51.2 Å². The maximum atomic E-state index is 12.2. The van der Waals surface area contributed by atoms with Gasteiger partial charge in [0.2, 0.25) is 0 Å². The molecule has 2 nitrogen and oxygen atoms in total. The van der Waals surface area contributed by atoms with Crippen molar-refractivity contribution in [2.75, 3.05) is 26.2 Å². The fourth-order valence-corrected chi connectivity index (χ4v) is 3.10. The Kier molecular flexibility index (Phi) is 4.90. The number of halogens is 3. The highest BCUT2D eigenvalue weighted by molar-refractivity contribution is 4.80. The SMILES string of the molecule is FC(F)(F)CN1CCC(NCC2CCCC2)CC1. The molecule has 0 radical (unpaired) electrons. The van der Waals surface area contributed by atoms with Crippen LogP contribution in [-0.2, 0) is 0 Å². The third kappa shape index (κ3) is 4.76. The van der Waals surface area contributed by atoms with Crippen molar-refractivity contribution in [1.29, 1.82) is 0 Å². The highest BCUT2D eigenvalue weighted by Crippen LogP contribution is 2.24. The summed E-state index contributed by atoms with van der Waals surface area (Å²) in [6.45, 7) is 1.45. The number of alkyl halides is 3. The Bertz CT molecular complexity index is 241. The summed E-state index contributed by atoms with van der Waals surface area (Å²) in [4.78, 5) is 1.52. The predicted molar refractivity (Wildman–Crippen MR) is 65.5 cm³/mol. The van der Waals surface area contributed by atoms with Crippen molar-refractivity contribution >= 4 is 0 Å². The lowest BCUT2D eigenvalue weighted by Gasteiger charge is -2.33. The molecule has 2 aliphatic rings. The Hall–Kier alpha value is -0.290. The van der Waals surface area contributed by atoms with Gasteiger partial charge in [-0.25, -0.2) is 0 Å². The largest absolute Gasteiger partial charge is 0.401 e. The molecule has 1 saturated heterocycles. The summed E-state index contributed by atoms with van der Waals surface area (Å²) in [5, 5.41) is 3.54. The molecule has 1 aliphatic carbocycles. The fraction of sp³-hybridized carbons (Fsp3) is 1.00. The van der Waals surface area contributed by atoms with Crippen LogP contribution in [0, 0.1) is 5.92 Å². The Morgan fingerprint density at radius 2 is 1.61 bits per heavy atom. The summed E-state index contributed by atoms with van der Waals surface area (Å²) in [7, 11) is 0. The van der Waals surface area contributed by atoms with Crippen LogP contribution in [0.4, 0.5) is 13.2 Å². The average molecular weight is 264 g/mol. The first kappa shape index (κ1) is 14.1. The number of nitrogens with one attached hydrogen (secondary N) is 1. The molecule has 0 aromatic rings. The molecule has 0 unspecified atom stereocenters. The van der Waals surface area contributed by atoms with Crippen molar-refractivity contribution < 1.29 is 13.2 Å². The van der Waals surface area contributed by atoms with Crippen molar-refractivity contribution in [2.24, 2.45) is 5.92 Å². The smallest absolute Gasteiger partial charge is 0.314 e. The number of piperidine rings is 1. The van der Waals surface area contributed by atoms with E-state index in [0.29, 0.717) is 19.1 Å². The van der Waals surface area contributed by atoms with Gasteiger partial charge in [-0.15, -0.1) is 0 Å². The van der Waals surface area contributed by atoms with Crippen molar-refractivity contribution in [3.05, 3.63) is 0 Å². The van der Waals surface area contributed by atoms with E-state index in [0.717, 1.165) is 25.3 Å². The molecule has 0 atom stereocenters. The van der Waals surface area contributed by atoms with Crippen molar-refractivity contribution in [2.45, 2.75) is 50.7 Å². The molecule has 1 N–H and O–H groups in total. The quantitative estimate of drug-likeness (QED) is 0.840. The minimum absolute atomic E-state index is 0.426. The second kappa shape index (κ2) is 6.24. The van der Waals surface area contributed by atoms with Crippen LogP contribution >= 0.6 is 0 Å². The molecule has 0 amide bonds. The van der Waals surface area contributed by atoms with Gasteiger partial charge in [-0.3, -0.25) is 4.90 Å². The summed E-state index contributed by atoms with van der Waals surface area (Å²) >= 11 is 0. The molecule has 2 rings (SSSR count). The molecule has 0 spiro atoms. The number of rotatable bonds is 4. The molecule has 1 heterocycles. The van der Waals surface area contributed by atoms with Crippen LogP contribution in [0.15, 0.2) is 0 Å². The van der Waals surface area contributed by atoms with Gasteiger partial charge in [-0.1, -0.05) is 12.8 Å². The minimum atomic E-state index is -4.05. The second-order valence-electron chi connectivity index (χ2n) is 5.72. The van der Waals surface area contributed by atoms with Gasteiger partial charge < -0.3 is 5.32 Å². The van der Waals surface area contributed by atoms with Gasteiger partial charge in [0.05, 0.1) is 6.54 Å². The van der Waals surface area contributed by atoms with E-state index >= 15 is 0 Å². The van der Waals surface area contributed by atoms with E-state index in [4.69, 9.17) is 0 Å². The monoisotopic (exact) mass is 264 g/mol. The van der Waals surface area contributed by atoms with E-state index in [9.17, 15) is 13.2 Å². The second-order valence-corrected chi connectivity index (χ2v) is 5.72. The predicted octanol–water partition coefficient (Wildman–Crippen LogP) is 2.79. The molecule has 2 fully saturated rings. The number of hydrogen-bond donors (Lipinski definition) is 1. The molecule has 18 heavy (non-hydrogen) atoms. The zero-order chi connectivity index (χ0) is 13.0. The van der Waals surface area contributed by atoms with Crippen molar-refractivity contribution in [3.8, 4) is 0 Å². The summed E-state index contributed by atoms with van der Waals surface area (Å²) in [5.41, 5.74) is 0. The Morgan fingerprint density at radius 1 is 1.00 bits per heavy atom. The topological polar surface area (TPSA) is 15.3 Å². The molecule has 1 saturated carbocycles. The third-order valence-corrected chi connectivity index (χ3v) is 4.16. The summed E-state index contributed by atoms with van der Waals surface area (Å²) < 4.78 is 36.7. The van der Waals surface area contributed by atoms with E-state index < -0.39 is 12.7 Å². The van der Waals surface area contributed by atoms with E-state index in [1.165, 1.54) is 30.6 Å². The van der Waals surface area contributed by atoms with E-state index in [1.54, 1.807) is 0 Å². The highest BCUT2D eigenvalue weighted by atomic mass is 19.4. The van der Waals surface area contributed by atoms with Gasteiger partial charge in [0.25, 0.3) is 0 Å². The van der Waals surface area contributed by atoms with Crippen LogP contribution in [0.2, 0.25) is 0 Å². The Morgan fingerprint density at radius 3 is 2.17 bits per heavy atom. The van der Waals surface area contributed by atoms with Gasteiger partial charge >= 0.3 is 6.18 Å². The first-order chi connectivity index (χ1) is 8.53. The maximum Gasteiger partial charge on any atom is 0.401 e. The first-order valence-corrected chi connectivity index (χ1v) is 7.05. The first-order valence-electron chi connectivity index (χ1n) is 7.05. The summed E-state index contributed by atoms with van der Waals surface area (Å²) in [5.74, 6) is 0.804. The van der Waals surface area contributed by atoms with Gasteiger partial charge in [0.1, 0.15) is 0 Å². The number of hydrogen-bond acceptors (Lipinski definition) is 2. The fourth-order valence-electron chi connectivity index (χ4n) is 3.10. The van der Waals surface area contributed by atoms with Crippen LogP contribution in [0.1, 0.15) is 38.5 Å². The zero-order valence-corrected chi connectivity index (χ0v) is 10.8. The molecule has 1 aliphatic heterocycles. The molecular weight excluding hydrogens is 241 g/mol. The van der Waals surface area contributed by atoms with Gasteiger partial charge in [0, 0.05) is 6.04 Å². The summed E-state index contributed by atoms with van der Waals surface area (Å²) in [6, 6.07) is 0.426. The number of nitrogens with zero attached hydrogens (tertiary/aromatic N) is 1. The minimum Gasteiger partial charge on any atom is -0.314 e. The van der Waals surface area contributed by atoms with E-state index in [-0.39, 0.29) is 0 Å². The van der Waals surface area contributed by atoms with Gasteiger partial charge in [-0.2, -0.15) is 13.2 Å². The van der Waals surface area contributed by atoms with Crippen LogP contribution in [-0.4, -0.2) is 43.3 Å². The zero-order valence-electron chi connectivity index (χ0n) is 10.8. The molecule has 0 aromatic carbocycles. The normalized spacial score (nSPS) is 24.8. The molecule has 106 valence electrons. The molecule has 5 heteroatoms. The molecule has 0 bridgehead atoms.